The number of aliphatic imine (C=N–C) groups is 1. The van der Waals surface area contributed by atoms with Gasteiger partial charge in [0.1, 0.15) is 5.82 Å². The Labute approximate surface area is 206 Å². The van der Waals surface area contributed by atoms with Crippen LogP contribution < -0.4 is 9.47 Å². The van der Waals surface area contributed by atoms with Gasteiger partial charge in [-0.2, -0.15) is 0 Å². The molecule has 180 valence electrons. The highest BCUT2D eigenvalue weighted by Gasteiger charge is 2.34. The number of carbonyl (C=O) groups is 2. The Morgan fingerprint density at radius 1 is 1.15 bits per heavy atom. The average Bonchev–Trinajstić information content (AvgIpc) is 3.10. The lowest BCUT2D eigenvalue weighted by atomic mass is 10.1. The fourth-order valence-corrected chi connectivity index (χ4v) is 4.27. The lowest BCUT2D eigenvalue weighted by molar-refractivity contribution is -0.135. The molecular weight excluding hydrogens is 483 g/mol. The molecule has 1 aliphatic heterocycles. The van der Waals surface area contributed by atoms with Crippen LogP contribution in [0.4, 0.5) is 10.1 Å². The molecule has 1 heterocycles. The van der Waals surface area contributed by atoms with Crippen molar-refractivity contribution in [3.8, 4) is 11.5 Å². The number of hydrogen-bond donors (Lipinski definition) is 0. The van der Waals surface area contributed by atoms with Gasteiger partial charge >= 0.3 is 5.97 Å². The molecule has 1 saturated heterocycles. The number of amidine groups is 1. The molecule has 2 aromatic rings. The number of benzene rings is 2. The van der Waals surface area contributed by atoms with Crippen molar-refractivity contribution < 1.29 is 28.2 Å². The maximum absolute atomic E-state index is 13.5. The SMILES string of the molecule is CCOc1ccc(CCN2C(=O)C(=CC(=O)OC)SC2=Nc2ccc(F)c(Cl)c2)cc1OCC. The van der Waals surface area contributed by atoms with E-state index < -0.39 is 11.8 Å². The molecule has 1 amide bonds. The third-order valence-electron chi connectivity index (χ3n) is 4.70. The van der Waals surface area contributed by atoms with E-state index in [9.17, 15) is 14.0 Å². The summed E-state index contributed by atoms with van der Waals surface area (Å²) >= 11 is 6.91. The van der Waals surface area contributed by atoms with Gasteiger partial charge in [0.2, 0.25) is 0 Å². The number of methoxy groups -OCH3 is 1. The number of halogens is 2. The first kappa shape index (κ1) is 25.6. The summed E-state index contributed by atoms with van der Waals surface area (Å²) in [5, 5.41) is 0.268. The van der Waals surface area contributed by atoms with E-state index >= 15 is 0 Å². The van der Waals surface area contributed by atoms with Crippen molar-refractivity contribution in [3.05, 3.63) is 63.8 Å². The normalized spacial score (nSPS) is 15.8. The van der Waals surface area contributed by atoms with Gasteiger partial charge < -0.3 is 14.2 Å². The molecule has 0 saturated carbocycles. The fraction of sp³-hybridized carbons (Fsp3) is 0.292. The number of hydrogen-bond acceptors (Lipinski definition) is 7. The molecule has 0 aromatic heterocycles. The van der Waals surface area contributed by atoms with E-state index in [0.717, 1.165) is 23.4 Å². The average molecular weight is 507 g/mol. The van der Waals surface area contributed by atoms with Crippen LogP contribution in [0.3, 0.4) is 0 Å². The van der Waals surface area contributed by atoms with E-state index in [-0.39, 0.29) is 22.4 Å². The maximum Gasteiger partial charge on any atom is 0.331 e. The van der Waals surface area contributed by atoms with Gasteiger partial charge in [-0.05, 0) is 67.9 Å². The molecule has 0 N–H and O–H groups in total. The molecule has 34 heavy (non-hydrogen) atoms. The maximum atomic E-state index is 13.5. The topological polar surface area (TPSA) is 77.4 Å². The summed E-state index contributed by atoms with van der Waals surface area (Å²) in [5.74, 6) is -0.303. The van der Waals surface area contributed by atoms with Crippen molar-refractivity contribution in [2.45, 2.75) is 20.3 Å². The Morgan fingerprint density at radius 2 is 1.88 bits per heavy atom. The number of esters is 1. The lowest BCUT2D eigenvalue weighted by Gasteiger charge is -2.17. The van der Waals surface area contributed by atoms with Gasteiger partial charge in [-0.25, -0.2) is 14.2 Å². The summed E-state index contributed by atoms with van der Waals surface area (Å²) in [6.45, 7) is 5.08. The second-order valence-corrected chi connectivity index (χ2v) is 8.40. The molecule has 10 heteroatoms. The van der Waals surface area contributed by atoms with Gasteiger partial charge in [-0.1, -0.05) is 17.7 Å². The second kappa shape index (κ2) is 11.9. The van der Waals surface area contributed by atoms with E-state index in [2.05, 4.69) is 9.73 Å². The van der Waals surface area contributed by atoms with Crippen molar-refractivity contribution in [2.24, 2.45) is 4.99 Å². The van der Waals surface area contributed by atoms with Crippen LogP contribution in [0.15, 0.2) is 52.4 Å². The van der Waals surface area contributed by atoms with Gasteiger partial charge in [-0.15, -0.1) is 0 Å². The summed E-state index contributed by atoms with van der Waals surface area (Å²) in [5.41, 5.74) is 1.31. The third kappa shape index (κ3) is 6.30. The fourth-order valence-electron chi connectivity index (χ4n) is 3.11. The summed E-state index contributed by atoms with van der Waals surface area (Å²) < 4.78 is 29.5. The standard InChI is InChI=1S/C24H24ClFN2O5S/c1-4-32-19-9-6-15(12-20(19)33-5-2)10-11-28-23(30)21(14-22(29)31-3)34-24(28)27-16-7-8-18(26)17(25)13-16/h6-9,12-14H,4-5,10-11H2,1-3H3. The van der Waals surface area contributed by atoms with Crippen LogP contribution in [0, 0.1) is 5.82 Å². The van der Waals surface area contributed by atoms with Crippen LogP contribution in [0.2, 0.25) is 5.02 Å². The predicted octanol–water partition coefficient (Wildman–Crippen LogP) is 5.14. The third-order valence-corrected chi connectivity index (χ3v) is 5.99. The first-order chi connectivity index (χ1) is 16.4. The molecule has 2 aromatic carbocycles. The highest BCUT2D eigenvalue weighted by atomic mass is 35.5. The molecule has 0 bridgehead atoms. The molecular formula is C24H24ClFN2O5S. The van der Waals surface area contributed by atoms with E-state index in [0.29, 0.717) is 42.0 Å². The van der Waals surface area contributed by atoms with Gasteiger partial charge in [0.05, 0.1) is 35.9 Å². The predicted molar refractivity (Wildman–Crippen MR) is 130 cm³/mol. The number of thioether (sulfide) groups is 1. The lowest BCUT2D eigenvalue weighted by Crippen LogP contribution is -2.31. The number of amides is 1. The van der Waals surface area contributed by atoms with E-state index in [1.165, 1.54) is 30.2 Å². The highest BCUT2D eigenvalue weighted by Crippen LogP contribution is 2.34. The van der Waals surface area contributed by atoms with Gasteiger partial charge in [0.25, 0.3) is 5.91 Å². The van der Waals surface area contributed by atoms with Crippen LogP contribution in [-0.4, -0.2) is 48.8 Å². The molecule has 3 rings (SSSR count). The molecule has 1 aliphatic rings. The summed E-state index contributed by atoms with van der Waals surface area (Å²) in [6.07, 6.45) is 1.62. The smallest absolute Gasteiger partial charge is 0.331 e. The van der Waals surface area contributed by atoms with Crippen LogP contribution in [-0.2, 0) is 20.7 Å². The quantitative estimate of drug-likeness (QED) is 0.346. The molecule has 0 spiro atoms. The van der Waals surface area contributed by atoms with Crippen molar-refractivity contribution in [1.82, 2.24) is 4.90 Å². The number of rotatable bonds is 9. The van der Waals surface area contributed by atoms with Crippen LogP contribution in [0.25, 0.3) is 0 Å². The van der Waals surface area contributed by atoms with Gasteiger partial charge in [-0.3, -0.25) is 9.69 Å². The first-order valence-corrected chi connectivity index (χ1v) is 11.8. The van der Waals surface area contributed by atoms with Crippen molar-refractivity contribution in [3.63, 3.8) is 0 Å². The Balaban J connectivity index is 1.88. The molecule has 0 atom stereocenters. The van der Waals surface area contributed by atoms with Crippen LogP contribution >= 0.6 is 23.4 Å². The van der Waals surface area contributed by atoms with Crippen molar-refractivity contribution in [2.75, 3.05) is 26.9 Å². The Kier molecular flexibility index (Phi) is 8.95. The summed E-state index contributed by atoms with van der Waals surface area (Å²) in [6, 6.07) is 9.65. The molecule has 0 unspecified atom stereocenters. The minimum Gasteiger partial charge on any atom is -0.490 e. The van der Waals surface area contributed by atoms with E-state index in [1.807, 2.05) is 32.0 Å². The zero-order valence-corrected chi connectivity index (χ0v) is 20.5. The zero-order chi connectivity index (χ0) is 24.7. The molecule has 0 radical (unpaired) electrons. The van der Waals surface area contributed by atoms with Crippen LogP contribution in [0.1, 0.15) is 19.4 Å². The molecule has 0 aliphatic carbocycles. The minimum atomic E-state index is -0.644. The number of ether oxygens (including phenoxy) is 3. The molecule has 1 fully saturated rings. The Morgan fingerprint density at radius 3 is 2.56 bits per heavy atom. The van der Waals surface area contributed by atoms with E-state index in [4.69, 9.17) is 21.1 Å². The first-order valence-electron chi connectivity index (χ1n) is 10.6. The van der Waals surface area contributed by atoms with Crippen molar-refractivity contribution in [1.29, 1.82) is 0 Å². The number of nitrogens with zero attached hydrogens (tertiary/aromatic N) is 2. The number of carbonyl (C=O) groups excluding carboxylic acids is 2. The molecule has 7 nitrogen and oxygen atoms in total. The summed E-state index contributed by atoms with van der Waals surface area (Å²) in [4.78, 5) is 30.9. The van der Waals surface area contributed by atoms with Crippen LogP contribution in [0.5, 0.6) is 11.5 Å². The van der Waals surface area contributed by atoms with Gasteiger partial charge in [0, 0.05) is 12.6 Å². The monoisotopic (exact) mass is 506 g/mol. The Bertz CT molecular complexity index is 1140. The van der Waals surface area contributed by atoms with Crippen molar-refractivity contribution >= 4 is 46.1 Å². The van der Waals surface area contributed by atoms with E-state index in [1.54, 1.807) is 0 Å². The Hall–Kier alpha value is -3.04. The highest BCUT2D eigenvalue weighted by molar-refractivity contribution is 8.18. The second-order valence-electron chi connectivity index (χ2n) is 6.98. The summed E-state index contributed by atoms with van der Waals surface area (Å²) in [7, 11) is 1.23. The largest absolute Gasteiger partial charge is 0.490 e. The van der Waals surface area contributed by atoms with Gasteiger partial charge in [0.15, 0.2) is 16.7 Å². The minimum absolute atomic E-state index is 0.0779. The zero-order valence-electron chi connectivity index (χ0n) is 19.0.